The highest BCUT2D eigenvalue weighted by molar-refractivity contribution is 5.85. The topological polar surface area (TPSA) is 673 Å². The van der Waals surface area contributed by atoms with Gasteiger partial charge in [0.1, 0.15) is 35.7 Å². The lowest BCUT2D eigenvalue weighted by molar-refractivity contribution is 0.379. The van der Waals surface area contributed by atoms with Gasteiger partial charge in [0.05, 0.1) is 31.1 Å². The molecule has 43 heteroatoms. The zero-order valence-electron chi connectivity index (χ0n) is 70.6. The number of hydrogen-bond acceptors (Lipinski definition) is 28. The van der Waals surface area contributed by atoms with E-state index in [4.69, 9.17) is 62.7 Å². The number of guanidine groups is 2. The third kappa shape index (κ3) is 25.9. The van der Waals surface area contributed by atoms with Gasteiger partial charge in [0.25, 0.3) is 11.1 Å². The number of anilines is 6. The van der Waals surface area contributed by atoms with Crippen molar-refractivity contribution in [3.8, 4) is 0 Å². The van der Waals surface area contributed by atoms with Gasteiger partial charge >= 0.3 is 11.4 Å². The van der Waals surface area contributed by atoms with E-state index in [0.29, 0.717) is 118 Å². The highest BCUT2D eigenvalue weighted by Crippen LogP contribution is 2.28. The normalized spacial score (nSPS) is 11.8. The van der Waals surface area contributed by atoms with Crippen LogP contribution in [0.5, 0.6) is 0 Å². The number of nitrogen functional groups attached to an aromatic ring is 2. The Hall–Kier alpha value is -12.7. The molecule has 29 N–H and O–H groups in total. The maximum Gasteiger partial charge on any atom is 0.350 e. The van der Waals surface area contributed by atoms with Crippen molar-refractivity contribution < 1.29 is 0 Å². The van der Waals surface area contributed by atoms with Gasteiger partial charge in [-0.2, -0.15) is 39.9 Å². The predicted octanol–water partition coefficient (Wildman–Crippen LogP) is 5.02. The molecule has 0 bridgehead atoms. The Morgan fingerprint density at radius 2 is 0.754 bits per heavy atom. The number of aliphatic imine (C=N–C) groups is 2. The molecule has 43 nitrogen and oxygen atoms in total. The Bertz CT molecular complexity index is 5630. The van der Waals surface area contributed by atoms with Crippen LogP contribution in [0.3, 0.4) is 0 Å². The average molecular weight is 1640 g/mol. The third-order valence-electron chi connectivity index (χ3n) is 17.3. The van der Waals surface area contributed by atoms with Crippen molar-refractivity contribution in [3.05, 3.63) is 103 Å². The van der Waals surface area contributed by atoms with Crippen molar-refractivity contribution in [3.63, 3.8) is 0 Å². The van der Waals surface area contributed by atoms with Crippen molar-refractivity contribution in [1.82, 2.24) is 107 Å². The van der Waals surface area contributed by atoms with E-state index >= 15 is 0 Å². The Kier molecular flexibility index (Phi) is 31.8. The van der Waals surface area contributed by atoms with Crippen molar-refractivity contribution in [2.24, 2.45) is 55.9 Å². The Balaban J connectivity index is 0.000000220. The fourth-order valence-electron chi connectivity index (χ4n) is 11.2. The van der Waals surface area contributed by atoms with Gasteiger partial charge in [-0.05, 0) is 201 Å². The molecule has 0 aliphatic carbocycles. The summed E-state index contributed by atoms with van der Waals surface area (Å²) in [5, 5.41) is 21.0. The smallest absolute Gasteiger partial charge is 0.350 e. The number of nitrogens with two attached hydrogens (primary N) is 10. The van der Waals surface area contributed by atoms with E-state index in [1.165, 1.54) is 0 Å². The van der Waals surface area contributed by atoms with Gasteiger partial charge in [-0.15, -0.1) is 0 Å². The summed E-state index contributed by atoms with van der Waals surface area (Å²) in [6.45, 7) is 40.1. The van der Waals surface area contributed by atoms with Crippen LogP contribution in [0, 0.1) is 5.41 Å². The standard InChI is InChI=1S/C15H23N5O.C13H20N4O.C12H21N7.C12H20N6O.C11H19N9.C11H18N8O.CH4/c1-15(2,3)20-9-10-8-11(6-4-5-7-12(16)17)18-13(10)19-14(20)21;1-13(2,3)17-8-9-7-10(5-4-6-14)15-11(9)16-12(17)18;1-12(2,3)19-7-16-8-9(14)17-11(18-10(8)19)15-6-4-5-13;1-12(2,3)18-7-15-8-9(18)16-11(17-10(8)19)14-6-4-5-13;1-11(2,3)20-5-17-6-7(12)18-10(19-8(6)20)16-4-15-9(13)14;1-11(2,3)19-5-16-6-7(19)17-10(18-8(6)20)15-4-14-9(12)13;/h8-9H,4-7H2,1-3H3,(H3,16,17)(H,18,19,21);7-8H,4-6,14H2,1-3H3,(H,15,16,18);7H,4-6,13H2,1-3H3,(H3,14,15,17,18);7H,4-6,13H2,1-3H3,(H2,14,16,17,19);5H,4H2,1-3H3,(H4,13,14,15)(H3,12,16,18,19);5H,4H2,1-3H3,(H4,12,13,14)(H2,15,17,18,20);1H4. The number of amidine groups is 1. The summed E-state index contributed by atoms with van der Waals surface area (Å²) in [6, 6.07) is 4.08. The highest BCUT2D eigenvalue weighted by Gasteiger charge is 2.25. The van der Waals surface area contributed by atoms with E-state index in [-0.39, 0.29) is 94.3 Å². The van der Waals surface area contributed by atoms with Crippen LogP contribution < -0.4 is 101 Å². The number of fused-ring (bicyclic) bond motifs is 6. The summed E-state index contributed by atoms with van der Waals surface area (Å²) in [4.78, 5) is 118. The van der Waals surface area contributed by atoms with Gasteiger partial charge in [0.15, 0.2) is 57.2 Å². The minimum Gasteiger partial charge on any atom is -0.388 e. The lowest BCUT2D eigenvalue weighted by atomic mass is 10.1. The van der Waals surface area contributed by atoms with E-state index in [1.807, 2.05) is 126 Å². The molecule has 0 aliphatic heterocycles. The van der Waals surface area contributed by atoms with Gasteiger partial charge in [0, 0.05) is 87.3 Å². The molecule has 0 radical (unpaired) electrons. The fraction of sp³-hybridized carbons (Fsp3) is 0.533. The number of hydrogen-bond donors (Lipinski definition) is 19. The molecular weight excluding hydrogens is 1510 g/mol. The number of aromatic amines is 4. The molecule has 0 atom stereocenters. The molecule has 0 saturated carbocycles. The molecule has 12 aromatic rings. The molecule has 12 rings (SSSR count). The lowest BCUT2D eigenvalue weighted by Gasteiger charge is -2.21. The van der Waals surface area contributed by atoms with Crippen LogP contribution >= 0.6 is 0 Å². The van der Waals surface area contributed by atoms with Crippen LogP contribution in [-0.2, 0) is 46.1 Å². The Labute approximate surface area is 683 Å². The largest absolute Gasteiger partial charge is 0.388 e. The molecule has 12 heterocycles. The first-order valence-corrected chi connectivity index (χ1v) is 38.3. The second-order valence-corrected chi connectivity index (χ2v) is 33.4. The van der Waals surface area contributed by atoms with Gasteiger partial charge in [-0.1, -0.05) is 7.43 Å². The SMILES string of the molecule is C.CC(C)(C)n1cc2cc(CCCCC(=N)N)[nH]c2nc1=O.CC(C)(C)n1cc2cc(CCCN)[nH]c2nc1=O.CC(C)(C)n1cnc2c(=O)[nH]c(NCCCN)nc21.CC(C)(C)n1cnc2c(=O)[nH]c(NCN=C(N)N)nc21.CC(C)(C)n1cnc2c(N)nc(NCCCN)nc21.CC(C)(C)n1cnc2c(N)nc(NCN=C(N)N)nc21. The zero-order valence-corrected chi connectivity index (χ0v) is 70.6. The number of imidazole rings is 4. The van der Waals surface area contributed by atoms with Crippen LogP contribution in [0.1, 0.15) is 182 Å². The minimum absolute atomic E-state index is 0. The number of aromatic nitrogens is 22. The number of rotatable bonds is 22. The number of nitrogens with one attached hydrogen (secondary N) is 9. The van der Waals surface area contributed by atoms with Crippen LogP contribution in [0.2, 0.25) is 0 Å². The summed E-state index contributed by atoms with van der Waals surface area (Å²) in [5.41, 5.74) is 60.1. The molecule has 0 aliphatic rings. The van der Waals surface area contributed by atoms with Crippen molar-refractivity contribution in [1.29, 1.82) is 5.41 Å². The Morgan fingerprint density at radius 3 is 1.12 bits per heavy atom. The van der Waals surface area contributed by atoms with E-state index in [9.17, 15) is 19.2 Å². The average Bonchev–Trinajstić information content (AvgIpc) is 1.65. The highest BCUT2D eigenvalue weighted by atomic mass is 16.2. The molecule has 0 fully saturated rings. The predicted molar refractivity (Wildman–Crippen MR) is 473 cm³/mol. The van der Waals surface area contributed by atoms with Crippen molar-refractivity contribution in [2.75, 3.05) is 78.8 Å². The molecule has 644 valence electrons. The maximum atomic E-state index is 12.0. The molecule has 0 unspecified atom stereocenters. The van der Waals surface area contributed by atoms with Crippen LogP contribution in [-0.4, -0.2) is 171 Å². The quantitative estimate of drug-likeness (QED) is 0.0241. The second kappa shape index (κ2) is 39.8. The summed E-state index contributed by atoms with van der Waals surface area (Å²) in [6.07, 6.45) is 17.3. The Morgan fingerprint density at radius 1 is 0.415 bits per heavy atom. The summed E-state index contributed by atoms with van der Waals surface area (Å²) < 4.78 is 11.0. The van der Waals surface area contributed by atoms with Crippen LogP contribution in [0.25, 0.3) is 66.7 Å². The molecule has 0 aromatic carbocycles. The maximum absolute atomic E-state index is 12.0. The fourth-order valence-corrected chi connectivity index (χ4v) is 11.2. The van der Waals surface area contributed by atoms with Gasteiger partial charge < -0.3 is 107 Å². The lowest BCUT2D eigenvalue weighted by Crippen LogP contribution is -2.34. The van der Waals surface area contributed by atoms with E-state index in [1.54, 1.807) is 34.4 Å². The molecule has 12 aromatic heterocycles. The molecule has 118 heavy (non-hydrogen) atoms. The molecular formula is C75H125N39O4. The molecule has 0 saturated heterocycles. The van der Waals surface area contributed by atoms with Gasteiger partial charge in [0.2, 0.25) is 23.8 Å². The molecule has 0 amide bonds. The second-order valence-electron chi connectivity index (χ2n) is 33.4. The number of H-pyrrole nitrogens is 4. The zero-order chi connectivity index (χ0) is 86.9. The van der Waals surface area contributed by atoms with Crippen LogP contribution in [0.4, 0.5) is 35.4 Å². The summed E-state index contributed by atoms with van der Waals surface area (Å²) in [7, 11) is 0. The number of unbranched alkanes of at least 4 members (excludes halogenated alkanes) is 1. The van der Waals surface area contributed by atoms with Crippen molar-refractivity contribution in [2.45, 2.75) is 217 Å². The van der Waals surface area contributed by atoms with Gasteiger partial charge in [-0.3, -0.25) is 34.1 Å². The first-order chi connectivity index (χ1) is 54.6. The first-order valence-electron chi connectivity index (χ1n) is 38.3. The summed E-state index contributed by atoms with van der Waals surface area (Å²) in [5.74, 6) is 2.50. The summed E-state index contributed by atoms with van der Waals surface area (Å²) >= 11 is 0. The van der Waals surface area contributed by atoms with E-state index < -0.39 is 0 Å². The van der Waals surface area contributed by atoms with E-state index in [2.05, 4.69) is 153 Å². The van der Waals surface area contributed by atoms with E-state index in [0.717, 1.165) is 79.3 Å². The minimum atomic E-state index is -0.315. The monoisotopic (exact) mass is 1640 g/mol. The van der Waals surface area contributed by atoms with Crippen LogP contribution in [0.15, 0.2) is 79.0 Å². The van der Waals surface area contributed by atoms with Gasteiger partial charge in [-0.25, -0.2) is 39.5 Å². The number of aryl methyl sites for hydroxylation is 2. The number of nitrogens with zero attached hydrogens (tertiary/aromatic N) is 20. The van der Waals surface area contributed by atoms with Crippen molar-refractivity contribution >= 4 is 120 Å². The first kappa shape index (κ1) is 94.2. The third-order valence-corrected chi connectivity index (χ3v) is 17.3. The molecule has 0 spiro atoms.